The fourth-order valence-corrected chi connectivity index (χ4v) is 2.81. The van der Waals surface area contributed by atoms with Crippen molar-refractivity contribution < 1.29 is 9.53 Å². The number of hydrogen-bond acceptors (Lipinski definition) is 2. The SMILES string of the molecule is O=C(N[C@@H]1CCOc2ccccc21)[C@@H]1CC=CCC1. The van der Waals surface area contributed by atoms with E-state index in [9.17, 15) is 4.79 Å². The number of rotatable bonds is 2. The molecule has 0 unspecified atom stereocenters. The van der Waals surface area contributed by atoms with Crippen molar-refractivity contribution in [3.05, 3.63) is 42.0 Å². The number of hydrogen-bond donors (Lipinski definition) is 1. The highest BCUT2D eigenvalue weighted by Gasteiger charge is 2.26. The van der Waals surface area contributed by atoms with Crippen molar-refractivity contribution in [3.63, 3.8) is 0 Å². The van der Waals surface area contributed by atoms with E-state index >= 15 is 0 Å². The topological polar surface area (TPSA) is 38.3 Å². The molecule has 1 amide bonds. The summed E-state index contributed by atoms with van der Waals surface area (Å²) in [6.07, 6.45) is 7.98. The molecule has 1 N–H and O–H groups in total. The van der Waals surface area contributed by atoms with Gasteiger partial charge in [0.1, 0.15) is 5.75 Å². The largest absolute Gasteiger partial charge is 0.493 e. The highest BCUT2D eigenvalue weighted by atomic mass is 16.5. The van der Waals surface area contributed by atoms with Gasteiger partial charge in [-0.3, -0.25) is 4.79 Å². The van der Waals surface area contributed by atoms with Crippen molar-refractivity contribution in [1.29, 1.82) is 0 Å². The van der Waals surface area contributed by atoms with Gasteiger partial charge in [-0.25, -0.2) is 0 Å². The molecule has 0 radical (unpaired) electrons. The minimum absolute atomic E-state index is 0.100. The molecule has 0 saturated carbocycles. The summed E-state index contributed by atoms with van der Waals surface area (Å²) in [7, 11) is 0. The van der Waals surface area contributed by atoms with Crippen molar-refractivity contribution in [1.82, 2.24) is 5.32 Å². The van der Waals surface area contributed by atoms with Crippen LogP contribution in [0.1, 0.15) is 37.3 Å². The van der Waals surface area contributed by atoms with Crippen molar-refractivity contribution in [2.24, 2.45) is 5.92 Å². The quantitative estimate of drug-likeness (QED) is 0.827. The van der Waals surface area contributed by atoms with E-state index in [0.717, 1.165) is 37.0 Å². The Balaban J connectivity index is 1.70. The third kappa shape index (κ3) is 2.65. The molecule has 19 heavy (non-hydrogen) atoms. The molecule has 0 aromatic heterocycles. The van der Waals surface area contributed by atoms with Crippen LogP contribution in [0.25, 0.3) is 0 Å². The van der Waals surface area contributed by atoms with Gasteiger partial charge in [-0.1, -0.05) is 30.4 Å². The Morgan fingerprint density at radius 3 is 2.95 bits per heavy atom. The number of allylic oxidation sites excluding steroid dienone is 2. The lowest BCUT2D eigenvalue weighted by Crippen LogP contribution is -2.36. The van der Waals surface area contributed by atoms with E-state index < -0.39 is 0 Å². The third-order valence-electron chi connectivity index (χ3n) is 3.91. The second kappa shape index (κ2) is 5.47. The molecule has 1 aromatic carbocycles. The number of benzene rings is 1. The minimum Gasteiger partial charge on any atom is -0.493 e. The molecule has 0 spiro atoms. The summed E-state index contributed by atoms with van der Waals surface area (Å²) in [4.78, 5) is 12.3. The average molecular weight is 257 g/mol. The van der Waals surface area contributed by atoms with Crippen LogP contribution in [0.5, 0.6) is 5.75 Å². The third-order valence-corrected chi connectivity index (χ3v) is 3.91. The van der Waals surface area contributed by atoms with Crippen molar-refractivity contribution in [2.45, 2.75) is 31.7 Å². The van der Waals surface area contributed by atoms with E-state index in [1.165, 1.54) is 0 Å². The lowest BCUT2D eigenvalue weighted by atomic mass is 9.92. The van der Waals surface area contributed by atoms with Gasteiger partial charge < -0.3 is 10.1 Å². The number of carbonyl (C=O) groups is 1. The highest BCUT2D eigenvalue weighted by Crippen LogP contribution is 2.32. The van der Waals surface area contributed by atoms with E-state index in [0.29, 0.717) is 6.61 Å². The molecule has 2 atom stereocenters. The van der Waals surface area contributed by atoms with E-state index in [2.05, 4.69) is 17.5 Å². The van der Waals surface area contributed by atoms with Gasteiger partial charge in [-0.15, -0.1) is 0 Å². The lowest BCUT2D eigenvalue weighted by molar-refractivity contribution is -0.126. The Morgan fingerprint density at radius 1 is 1.21 bits per heavy atom. The first-order valence-electron chi connectivity index (χ1n) is 7.01. The minimum atomic E-state index is 0.100. The Labute approximate surface area is 113 Å². The number of carbonyl (C=O) groups excluding carboxylic acids is 1. The summed E-state index contributed by atoms with van der Waals surface area (Å²) in [5.74, 6) is 1.23. The van der Waals surface area contributed by atoms with E-state index in [4.69, 9.17) is 4.74 Å². The number of nitrogens with one attached hydrogen (secondary N) is 1. The molecule has 1 aromatic rings. The fourth-order valence-electron chi connectivity index (χ4n) is 2.81. The smallest absolute Gasteiger partial charge is 0.223 e. The van der Waals surface area contributed by atoms with Crippen LogP contribution >= 0.6 is 0 Å². The monoisotopic (exact) mass is 257 g/mol. The molecule has 0 saturated heterocycles. The van der Waals surface area contributed by atoms with Gasteiger partial charge >= 0.3 is 0 Å². The molecule has 3 heteroatoms. The fraction of sp³-hybridized carbons (Fsp3) is 0.438. The van der Waals surface area contributed by atoms with Gasteiger partial charge in [0, 0.05) is 17.9 Å². The number of amides is 1. The molecule has 3 nitrogen and oxygen atoms in total. The maximum Gasteiger partial charge on any atom is 0.223 e. The molecular weight excluding hydrogens is 238 g/mol. The molecule has 1 aliphatic carbocycles. The van der Waals surface area contributed by atoms with Crippen LogP contribution in [0.15, 0.2) is 36.4 Å². The van der Waals surface area contributed by atoms with E-state index in [1.54, 1.807) is 0 Å². The number of fused-ring (bicyclic) bond motifs is 1. The lowest BCUT2D eigenvalue weighted by Gasteiger charge is -2.28. The van der Waals surface area contributed by atoms with Gasteiger partial charge in [-0.05, 0) is 25.3 Å². The zero-order chi connectivity index (χ0) is 13.1. The van der Waals surface area contributed by atoms with Crippen molar-refractivity contribution in [3.8, 4) is 5.75 Å². The summed E-state index contributed by atoms with van der Waals surface area (Å²) in [5, 5.41) is 3.19. The predicted octanol–water partition coefficient (Wildman–Crippen LogP) is 2.98. The van der Waals surface area contributed by atoms with Crippen LogP contribution < -0.4 is 10.1 Å². The second-order valence-corrected chi connectivity index (χ2v) is 5.22. The molecule has 0 bridgehead atoms. The van der Waals surface area contributed by atoms with E-state index in [-0.39, 0.29) is 17.9 Å². The van der Waals surface area contributed by atoms with Gasteiger partial charge in [0.15, 0.2) is 0 Å². The average Bonchev–Trinajstić information content (AvgIpc) is 2.48. The molecule has 1 aliphatic heterocycles. The van der Waals surface area contributed by atoms with E-state index in [1.807, 2.05) is 24.3 Å². The molecule has 1 heterocycles. The van der Waals surface area contributed by atoms with Crippen molar-refractivity contribution in [2.75, 3.05) is 6.61 Å². The zero-order valence-corrected chi connectivity index (χ0v) is 11.0. The van der Waals surface area contributed by atoms with Crippen molar-refractivity contribution >= 4 is 5.91 Å². The Kier molecular flexibility index (Phi) is 3.53. The molecular formula is C16H19NO2. The van der Waals surface area contributed by atoms with Crippen LogP contribution in [0.2, 0.25) is 0 Å². The maximum absolute atomic E-state index is 12.3. The molecule has 0 fully saturated rings. The number of ether oxygens (including phenoxy) is 1. The van der Waals surface area contributed by atoms with Crippen LogP contribution in [-0.2, 0) is 4.79 Å². The van der Waals surface area contributed by atoms with Gasteiger partial charge in [-0.2, -0.15) is 0 Å². The van der Waals surface area contributed by atoms with Crippen LogP contribution in [0.3, 0.4) is 0 Å². The Hall–Kier alpha value is -1.77. The van der Waals surface area contributed by atoms with Crippen LogP contribution in [-0.4, -0.2) is 12.5 Å². The maximum atomic E-state index is 12.3. The van der Waals surface area contributed by atoms with Crippen LogP contribution in [0, 0.1) is 5.92 Å². The first-order valence-corrected chi connectivity index (χ1v) is 7.01. The zero-order valence-electron chi connectivity index (χ0n) is 11.0. The predicted molar refractivity (Wildman–Crippen MR) is 73.9 cm³/mol. The summed E-state index contributed by atoms with van der Waals surface area (Å²) in [6.45, 7) is 0.673. The molecule has 2 aliphatic rings. The van der Waals surface area contributed by atoms with Gasteiger partial charge in [0.25, 0.3) is 0 Å². The first-order chi connectivity index (χ1) is 9.34. The summed E-state index contributed by atoms with van der Waals surface area (Å²) < 4.78 is 5.62. The van der Waals surface area contributed by atoms with Gasteiger partial charge in [0.05, 0.1) is 12.6 Å². The normalized spacial score (nSPS) is 25.3. The van der Waals surface area contributed by atoms with Gasteiger partial charge in [0.2, 0.25) is 5.91 Å². The standard InChI is InChI=1S/C16H19NO2/c18-16(12-6-2-1-3-7-12)17-14-10-11-19-15-9-5-4-8-13(14)15/h1-2,4-5,8-9,12,14H,3,6-7,10-11H2,(H,17,18)/t12-,14-/m1/s1. The second-order valence-electron chi connectivity index (χ2n) is 5.22. The van der Waals surface area contributed by atoms with Crippen LogP contribution in [0.4, 0.5) is 0 Å². The first kappa shape index (κ1) is 12.3. The summed E-state index contributed by atoms with van der Waals surface area (Å²) in [5.41, 5.74) is 1.11. The Bertz CT molecular complexity index is 495. The summed E-state index contributed by atoms with van der Waals surface area (Å²) in [6, 6.07) is 8.07. The molecule has 3 rings (SSSR count). The number of para-hydroxylation sites is 1. The Morgan fingerprint density at radius 2 is 2.11 bits per heavy atom. The molecule has 100 valence electrons. The highest BCUT2D eigenvalue weighted by molar-refractivity contribution is 5.79. The summed E-state index contributed by atoms with van der Waals surface area (Å²) >= 11 is 0.